The fourth-order valence-electron chi connectivity index (χ4n) is 2.84. The van der Waals surface area contributed by atoms with Gasteiger partial charge in [0.25, 0.3) is 0 Å². The summed E-state index contributed by atoms with van der Waals surface area (Å²) in [6.45, 7) is 6.77. The largest absolute Gasteiger partial charge is 0.463 e. The van der Waals surface area contributed by atoms with Crippen molar-refractivity contribution in [2.75, 3.05) is 32.9 Å². The molecule has 7 heteroatoms. The number of benzene rings is 1. The molecule has 0 fully saturated rings. The number of rotatable bonds is 10. The van der Waals surface area contributed by atoms with E-state index in [1.165, 1.54) is 0 Å². The van der Waals surface area contributed by atoms with Crippen LogP contribution in [0.25, 0.3) is 0 Å². The zero-order valence-electron chi connectivity index (χ0n) is 15.4. The summed E-state index contributed by atoms with van der Waals surface area (Å²) in [5.41, 5.74) is 1.90. The van der Waals surface area contributed by atoms with Crippen LogP contribution in [-0.4, -0.2) is 44.9 Å². The van der Waals surface area contributed by atoms with Gasteiger partial charge in [-0.25, -0.2) is 9.59 Å². The van der Waals surface area contributed by atoms with Gasteiger partial charge < -0.3 is 25.4 Å². The quantitative estimate of drug-likeness (QED) is 0.425. The van der Waals surface area contributed by atoms with Crippen LogP contribution in [0.5, 0.6) is 0 Å². The van der Waals surface area contributed by atoms with Crippen molar-refractivity contribution in [3.63, 3.8) is 0 Å². The van der Waals surface area contributed by atoms with E-state index in [2.05, 4.69) is 16.0 Å². The molecule has 0 aliphatic carbocycles. The predicted molar refractivity (Wildman–Crippen MR) is 97.3 cm³/mol. The first-order valence-electron chi connectivity index (χ1n) is 9.09. The minimum atomic E-state index is -0.518. The van der Waals surface area contributed by atoms with Gasteiger partial charge in [0.2, 0.25) is 0 Å². The van der Waals surface area contributed by atoms with Gasteiger partial charge in [0, 0.05) is 13.0 Å². The van der Waals surface area contributed by atoms with E-state index >= 15 is 0 Å². The van der Waals surface area contributed by atoms with Crippen molar-refractivity contribution in [2.45, 2.75) is 26.3 Å². The molecule has 0 saturated heterocycles. The summed E-state index contributed by atoms with van der Waals surface area (Å²) in [6.07, 6.45) is 0.907. The number of nitrogens with one attached hydrogen (secondary N) is 2. The Hall–Kier alpha value is -2.38. The minimum Gasteiger partial charge on any atom is -0.463 e. The maximum atomic E-state index is 12.6. The average molecular weight is 362 g/mol. The Morgan fingerprint density at radius 3 is 2.65 bits per heavy atom. The minimum absolute atomic E-state index is 0.281. The average Bonchev–Trinajstić information content (AvgIpc) is 2.65. The number of quaternary nitrogens is 1. The molecule has 4 N–H and O–H groups in total. The number of amides is 2. The third-order valence-electron chi connectivity index (χ3n) is 4.03. The van der Waals surface area contributed by atoms with Crippen molar-refractivity contribution >= 4 is 12.0 Å². The standard InChI is InChI=1S/C19H27N3O4/c1-3-25-12-8-11-20-13-15-16(18(23)26-4-2)17(22-19(24)21-15)14-9-6-5-7-10-14/h5-7,9-10,17,20H,3-4,8,11-13H2,1-2H3,(H2,21,22,24)/p+1/t17-/m1/s1. The Bertz CT molecular complexity index is 631. The van der Waals surface area contributed by atoms with Gasteiger partial charge in [0.05, 0.1) is 37.1 Å². The van der Waals surface area contributed by atoms with Crippen molar-refractivity contribution in [3.8, 4) is 0 Å². The number of hydrogen-bond acceptors (Lipinski definition) is 4. The molecule has 1 atom stereocenters. The van der Waals surface area contributed by atoms with Gasteiger partial charge in [-0.15, -0.1) is 0 Å². The fraction of sp³-hybridized carbons (Fsp3) is 0.474. The summed E-state index contributed by atoms with van der Waals surface area (Å²) in [5, 5.41) is 7.66. The van der Waals surface area contributed by atoms with Gasteiger partial charge in [0.15, 0.2) is 0 Å². The molecule has 0 spiro atoms. The highest BCUT2D eigenvalue weighted by Crippen LogP contribution is 2.27. The fourth-order valence-corrected chi connectivity index (χ4v) is 2.84. The van der Waals surface area contributed by atoms with Gasteiger partial charge in [-0.2, -0.15) is 0 Å². The van der Waals surface area contributed by atoms with Gasteiger partial charge in [-0.1, -0.05) is 30.3 Å². The van der Waals surface area contributed by atoms with E-state index in [4.69, 9.17) is 9.47 Å². The molecule has 7 nitrogen and oxygen atoms in total. The predicted octanol–water partition coefficient (Wildman–Crippen LogP) is 0.848. The van der Waals surface area contributed by atoms with E-state index in [1.54, 1.807) is 6.92 Å². The lowest BCUT2D eigenvalue weighted by molar-refractivity contribution is -0.648. The van der Waals surface area contributed by atoms with Crippen LogP contribution in [0, 0.1) is 0 Å². The first-order valence-corrected chi connectivity index (χ1v) is 9.09. The summed E-state index contributed by atoms with van der Waals surface area (Å²) in [6, 6.07) is 8.60. The third kappa shape index (κ3) is 5.57. The van der Waals surface area contributed by atoms with Crippen LogP contribution < -0.4 is 16.0 Å². The smallest absolute Gasteiger partial charge is 0.338 e. The molecular formula is C19H28N3O4+. The molecule has 0 radical (unpaired) electrons. The van der Waals surface area contributed by atoms with Gasteiger partial charge in [-0.05, 0) is 19.4 Å². The van der Waals surface area contributed by atoms with E-state index in [0.717, 1.165) is 18.5 Å². The normalized spacial score (nSPS) is 16.8. The van der Waals surface area contributed by atoms with E-state index in [-0.39, 0.29) is 12.6 Å². The first kappa shape index (κ1) is 19.9. The van der Waals surface area contributed by atoms with Crippen LogP contribution in [0.3, 0.4) is 0 Å². The third-order valence-corrected chi connectivity index (χ3v) is 4.03. The van der Waals surface area contributed by atoms with Crippen molar-refractivity contribution in [3.05, 3.63) is 47.2 Å². The van der Waals surface area contributed by atoms with Crippen LogP contribution in [0.2, 0.25) is 0 Å². The monoisotopic (exact) mass is 362 g/mol. The number of urea groups is 1. The van der Waals surface area contributed by atoms with Crippen LogP contribution in [0.1, 0.15) is 31.9 Å². The van der Waals surface area contributed by atoms with Gasteiger partial charge in [0.1, 0.15) is 6.54 Å². The zero-order chi connectivity index (χ0) is 18.8. The van der Waals surface area contributed by atoms with E-state index in [9.17, 15) is 9.59 Å². The molecule has 1 aromatic carbocycles. The molecule has 0 bridgehead atoms. The molecular weight excluding hydrogens is 334 g/mol. The molecule has 1 aliphatic heterocycles. The number of nitrogens with two attached hydrogens (primary N) is 1. The Kier molecular flexibility index (Phi) is 8.11. The van der Waals surface area contributed by atoms with Crippen molar-refractivity contribution in [1.29, 1.82) is 0 Å². The molecule has 1 heterocycles. The van der Waals surface area contributed by atoms with Gasteiger partial charge in [-0.3, -0.25) is 0 Å². The highest BCUT2D eigenvalue weighted by Gasteiger charge is 2.34. The summed E-state index contributed by atoms with van der Waals surface area (Å²) < 4.78 is 10.6. The van der Waals surface area contributed by atoms with Crippen molar-refractivity contribution < 1.29 is 24.4 Å². The number of carbonyl (C=O) groups is 2. The summed E-state index contributed by atoms with van der Waals surface area (Å²) >= 11 is 0. The second-order valence-corrected chi connectivity index (χ2v) is 5.89. The first-order chi connectivity index (χ1) is 12.7. The number of hydrogen-bond donors (Lipinski definition) is 3. The summed E-state index contributed by atoms with van der Waals surface area (Å²) in [7, 11) is 0. The summed E-state index contributed by atoms with van der Waals surface area (Å²) in [4.78, 5) is 24.7. The molecule has 0 unspecified atom stereocenters. The van der Waals surface area contributed by atoms with Gasteiger partial charge >= 0.3 is 12.0 Å². The zero-order valence-corrected chi connectivity index (χ0v) is 15.4. The number of carbonyl (C=O) groups excluding carboxylic acids is 2. The SMILES string of the molecule is CCOCCC[NH2+]CC1=C(C(=O)OCC)[C@@H](c2ccccc2)NC(=O)N1. The molecule has 0 saturated carbocycles. The lowest BCUT2D eigenvalue weighted by Crippen LogP contribution is -2.85. The van der Waals surface area contributed by atoms with Crippen molar-refractivity contribution in [1.82, 2.24) is 10.6 Å². The number of esters is 1. The van der Waals surface area contributed by atoms with E-state index in [0.29, 0.717) is 31.0 Å². The second-order valence-electron chi connectivity index (χ2n) is 5.89. The topological polar surface area (TPSA) is 93.3 Å². The van der Waals surface area contributed by atoms with Crippen molar-refractivity contribution in [2.24, 2.45) is 0 Å². The Morgan fingerprint density at radius 1 is 1.19 bits per heavy atom. The van der Waals surface area contributed by atoms with Crippen LogP contribution in [0.15, 0.2) is 41.6 Å². The molecule has 1 aliphatic rings. The maximum absolute atomic E-state index is 12.6. The van der Waals surface area contributed by atoms with Crippen LogP contribution in [-0.2, 0) is 14.3 Å². The Morgan fingerprint density at radius 2 is 1.96 bits per heavy atom. The van der Waals surface area contributed by atoms with E-state index < -0.39 is 12.0 Å². The molecule has 1 aromatic rings. The lowest BCUT2D eigenvalue weighted by Gasteiger charge is -2.28. The summed E-state index contributed by atoms with van der Waals surface area (Å²) in [5.74, 6) is -0.411. The lowest BCUT2D eigenvalue weighted by atomic mass is 9.95. The maximum Gasteiger partial charge on any atom is 0.338 e. The second kappa shape index (κ2) is 10.6. The highest BCUT2D eigenvalue weighted by atomic mass is 16.5. The molecule has 2 amide bonds. The van der Waals surface area contributed by atoms with Crippen LogP contribution >= 0.6 is 0 Å². The number of ether oxygens (including phenoxy) is 2. The molecule has 0 aromatic heterocycles. The van der Waals surface area contributed by atoms with E-state index in [1.807, 2.05) is 37.3 Å². The highest BCUT2D eigenvalue weighted by molar-refractivity contribution is 5.95. The van der Waals surface area contributed by atoms with Crippen LogP contribution in [0.4, 0.5) is 4.79 Å². The molecule has 26 heavy (non-hydrogen) atoms. The molecule has 142 valence electrons. The Balaban J connectivity index is 2.18. The molecule has 2 rings (SSSR count). The Labute approximate surface area is 154 Å².